The van der Waals surface area contributed by atoms with E-state index >= 15 is 0 Å². The maximum Gasteiger partial charge on any atom is 0.407 e. The zero-order valence-electron chi connectivity index (χ0n) is 13.9. The predicted molar refractivity (Wildman–Crippen MR) is 89.2 cm³/mol. The van der Waals surface area contributed by atoms with Gasteiger partial charge in [0.2, 0.25) is 0 Å². The van der Waals surface area contributed by atoms with E-state index in [0.29, 0.717) is 12.1 Å². The van der Waals surface area contributed by atoms with Crippen molar-refractivity contribution >= 4 is 11.8 Å². The number of amides is 1. The number of hydrogen-bond donors (Lipinski definition) is 3. The fraction of sp³-hybridized carbons (Fsp3) is 0.412. The number of hydrogen-bond acceptors (Lipinski definition) is 4. The molecule has 126 valence electrons. The lowest BCUT2D eigenvalue weighted by Crippen LogP contribution is -2.41. The van der Waals surface area contributed by atoms with Crippen molar-refractivity contribution in [3.8, 4) is 0 Å². The van der Waals surface area contributed by atoms with Gasteiger partial charge in [-0.1, -0.05) is 0 Å². The Morgan fingerprint density at radius 1 is 1.35 bits per heavy atom. The third kappa shape index (κ3) is 7.99. The molecule has 0 saturated carbocycles. The summed E-state index contributed by atoms with van der Waals surface area (Å²) in [5.74, 6) is -0.328. The molecule has 0 fully saturated rings. The normalized spacial score (nSPS) is 12.7. The first-order valence-electron chi connectivity index (χ1n) is 7.41. The van der Waals surface area contributed by atoms with Gasteiger partial charge in [0, 0.05) is 12.6 Å². The van der Waals surface area contributed by atoms with Crippen molar-refractivity contribution in [2.75, 3.05) is 6.54 Å². The van der Waals surface area contributed by atoms with Crippen molar-refractivity contribution in [2.45, 2.75) is 39.3 Å². The molecule has 0 aromatic heterocycles. The fourth-order valence-corrected chi connectivity index (χ4v) is 1.67. The molecule has 0 aliphatic heterocycles. The molecule has 1 atom stereocenters. The van der Waals surface area contributed by atoms with Crippen LogP contribution in [0.1, 0.15) is 33.3 Å². The van der Waals surface area contributed by atoms with Crippen molar-refractivity contribution in [3.05, 3.63) is 47.9 Å². The molecule has 1 aromatic carbocycles. The minimum atomic E-state index is -0.526. The molecule has 23 heavy (non-hydrogen) atoms. The average Bonchev–Trinajstić information content (AvgIpc) is 2.42. The summed E-state index contributed by atoms with van der Waals surface area (Å²) in [6, 6.07) is 5.61. The van der Waals surface area contributed by atoms with Crippen molar-refractivity contribution in [1.82, 2.24) is 10.6 Å². The van der Waals surface area contributed by atoms with Crippen molar-refractivity contribution in [2.24, 2.45) is 0 Å². The maximum absolute atomic E-state index is 12.8. The minimum Gasteiger partial charge on any atom is -0.444 e. The molecule has 1 rings (SSSR count). The molecule has 5 nitrogen and oxygen atoms in total. The molecule has 1 aromatic rings. The van der Waals surface area contributed by atoms with Crippen molar-refractivity contribution < 1.29 is 13.9 Å². The Bertz CT molecular complexity index is 562. The largest absolute Gasteiger partial charge is 0.444 e. The number of alkyl carbamates (subject to hydrolysis) is 1. The zero-order chi connectivity index (χ0) is 17.5. The highest BCUT2D eigenvalue weighted by Crippen LogP contribution is 2.06. The van der Waals surface area contributed by atoms with Gasteiger partial charge in [-0.25, -0.2) is 9.18 Å². The van der Waals surface area contributed by atoms with Gasteiger partial charge in [-0.05, 0) is 69.8 Å². The van der Waals surface area contributed by atoms with Gasteiger partial charge < -0.3 is 20.8 Å². The molecule has 6 heteroatoms. The summed E-state index contributed by atoms with van der Waals surface area (Å²) < 4.78 is 18.0. The number of ether oxygens (including phenoxy) is 1. The third-order valence-corrected chi connectivity index (χ3v) is 2.71. The second-order valence-electron chi connectivity index (χ2n) is 6.21. The molecule has 3 N–H and O–H groups in total. The quantitative estimate of drug-likeness (QED) is 0.704. The van der Waals surface area contributed by atoms with Crippen LogP contribution in [-0.4, -0.2) is 30.0 Å². The lowest BCUT2D eigenvalue weighted by Gasteiger charge is -2.21. The molecule has 0 spiro atoms. The molecule has 1 amide bonds. The van der Waals surface area contributed by atoms with Gasteiger partial charge in [-0.15, -0.1) is 0 Å². The van der Waals surface area contributed by atoms with E-state index in [4.69, 9.17) is 10.1 Å². The highest BCUT2D eigenvalue weighted by molar-refractivity contribution is 6.06. The molecule has 0 bridgehead atoms. The first kappa shape index (κ1) is 18.7. The molecule has 0 unspecified atom stereocenters. The second-order valence-corrected chi connectivity index (χ2v) is 6.21. The Morgan fingerprint density at radius 3 is 2.52 bits per heavy atom. The molecular formula is C17H24FN3O2. The van der Waals surface area contributed by atoms with Crippen LogP contribution in [0.5, 0.6) is 0 Å². The first-order chi connectivity index (χ1) is 10.7. The van der Waals surface area contributed by atoms with E-state index in [1.54, 1.807) is 45.2 Å². The van der Waals surface area contributed by atoms with E-state index in [-0.39, 0.29) is 17.6 Å². The van der Waals surface area contributed by atoms with E-state index < -0.39 is 11.7 Å². The van der Waals surface area contributed by atoms with Gasteiger partial charge in [-0.3, -0.25) is 0 Å². The standard InChI is InChI=1S/C17H24FN3O2/c1-12(21-16(22)23-17(2,3)4)11-20-10-9-15(19)13-5-7-14(18)8-6-13/h5-10,12,19-20H,11H2,1-4H3,(H,21,22)/b10-9-,19-15?/t12-/m0/s1. The third-order valence-electron chi connectivity index (χ3n) is 2.71. The Balaban J connectivity index is 2.34. The number of carbonyl (C=O) groups excluding carboxylic acids is 1. The summed E-state index contributed by atoms with van der Waals surface area (Å²) in [5, 5.41) is 13.6. The number of halogens is 1. The highest BCUT2D eigenvalue weighted by Gasteiger charge is 2.17. The molecule has 0 radical (unpaired) electrons. The van der Waals surface area contributed by atoms with Crippen LogP contribution in [0.25, 0.3) is 0 Å². The first-order valence-corrected chi connectivity index (χ1v) is 7.41. The van der Waals surface area contributed by atoms with E-state index in [0.717, 1.165) is 0 Å². The molecule has 0 saturated heterocycles. The zero-order valence-corrected chi connectivity index (χ0v) is 13.9. The monoisotopic (exact) mass is 321 g/mol. The van der Waals surface area contributed by atoms with E-state index in [1.165, 1.54) is 12.1 Å². The van der Waals surface area contributed by atoms with Gasteiger partial charge in [0.15, 0.2) is 0 Å². The lowest BCUT2D eigenvalue weighted by molar-refractivity contribution is 0.0509. The number of allylic oxidation sites excluding steroid dienone is 1. The number of carbonyl (C=O) groups is 1. The molecular weight excluding hydrogens is 297 g/mol. The summed E-state index contributed by atoms with van der Waals surface area (Å²) in [4.78, 5) is 11.6. The summed E-state index contributed by atoms with van der Waals surface area (Å²) in [7, 11) is 0. The molecule has 0 aliphatic carbocycles. The van der Waals surface area contributed by atoms with Gasteiger partial charge in [0.05, 0.1) is 5.71 Å². The van der Waals surface area contributed by atoms with E-state index in [9.17, 15) is 9.18 Å². The number of rotatable bonds is 6. The van der Waals surface area contributed by atoms with Gasteiger partial charge >= 0.3 is 6.09 Å². The predicted octanol–water partition coefficient (Wildman–Crippen LogP) is 3.21. The summed E-state index contributed by atoms with van der Waals surface area (Å²) in [6.07, 6.45) is 2.74. The Labute approximate surface area is 136 Å². The average molecular weight is 321 g/mol. The number of benzene rings is 1. The summed E-state index contributed by atoms with van der Waals surface area (Å²) in [5.41, 5.74) is 0.371. The maximum atomic E-state index is 12.8. The second kappa shape index (κ2) is 8.31. The van der Waals surface area contributed by atoms with Gasteiger partial charge in [0.1, 0.15) is 11.4 Å². The topological polar surface area (TPSA) is 74.2 Å². The lowest BCUT2D eigenvalue weighted by atomic mass is 10.1. The van der Waals surface area contributed by atoms with Crippen LogP contribution in [0.4, 0.5) is 9.18 Å². The fourth-order valence-electron chi connectivity index (χ4n) is 1.67. The van der Waals surface area contributed by atoms with Crippen LogP contribution in [0, 0.1) is 11.2 Å². The SMILES string of the molecule is C[C@@H](CN/C=C\C(=N)c1ccc(F)cc1)NC(=O)OC(C)(C)C. The van der Waals surface area contributed by atoms with Crippen LogP contribution in [0.15, 0.2) is 36.5 Å². The van der Waals surface area contributed by atoms with Crippen LogP contribution >= 0.6 is 0 Å². The molecule has 0 heterocycles. The highest BCUT2D eigenvalue weighted by atomic mass is 19.1. The molecule has 0 aliphatic rings. The van der Waals surface area contributed by atoms with Gasteiger partial charge in [0.25, 0.3) is 0 Å². The van der Waals surface area contributed by atoms with Crippen molar-refractivity contribution in [3.63, 3.8) is 0 Å². The summed E-state index contributed by atoms with van der Waals surface area (Å²) in [6.45, 7) is 7.75. The van der Waals surface area contributed by atoms with Crippen LogP contribution < -0.4 is 10.6 Å². The number of nitrogens with one attached hydrogen (secondary N) is 3. The Morgan fingerprint density at radius 2 is 1.96 bits per heavy atom. The van der Waals surface area contributed by atoms with E-state index in [1.807, 2.05) is 6.92 Å². The van der Waals surface area contributed by atoms with E-state index in [2.05, 4.69) is 10.6 Å². The van der Waals surface area contributed by atoms with Crippen molar-refractivity contribution in [1.29, 1.82) is 5.41 Å². The van der Waals surface area contributed by atoms with Crippen LogP contribution in [0.2, 0.25) is 0 Å². The van der Waals surface area contributed by atoms with Crippen LogP contribution in [0.3, 0.4) is 0 Å². The minimum absolute atomic E-state index is 0.130. The summed E-state index contributed by atoms with van der Waals surface area (Å²) >= 11 is 0. The Kier molecular flexibility index (Phi) is 6.75. The van der Waals surface area contributed by atoms with Gasteiger partial charge in [-0.2, -0.15) is 0 Å². The van der Waals surface area contributed by atoms with Crippen LogP contribution in [-0.2, 0) is 4.74 Å². The Hall–Kier alpha value is -2.37. The smallest absolute Gasteiger partial charge is 0.407 e.